The van der Waals surface area contributed by atoms with E-state index in [1.807, 2.05) is 30.3 Å². The third kappa shape index (κ3) is 3.81. The van der Waals surface area contributed by atoms with Crippen molar-refractivity contribution in [3.8, 4) is 11.5 Å². The first kappa shape index (κ1) is 14.9. The van der Waals surface area contributed by atoms with Crippen molar-refractivity contribution in [1.82, 2.24) is 15.6 Å². The molecule has 3 aromatic rings. The van der Waals surface area contributed by atoms with Gasteiger partial charge in [-0.1, -0.05) is 47.1 Å². The van der Waals surface area contributed by atoms with E-state index in [2.05, 4.69) is 20.7 Å². The Balaban J connectivity index is 1.67. The molecule has 0 fully saturated rings. The fraction of sp³-hybridized carbons (Fsp3) is 0. The number of carbonyl (C=O) groups is 1. The van der Waals surface area contributed by atoms with Crippen LogP contribution in [0.15, 0.2) is 64.2 Å². The van der Waals surface area contributed by atoms with Gasteiger partial charge in [0.1, 0.15) is 0 Å². The van der Waals surface area contributed by atoms with Crippen LogP contribution in [0, 0.1) is 0 Å². The molecule has 3 rings (SSSR count). The Morgan fingerprint density at radius 3 is 2.61 bits per heavy atom. The molecule has 0 aliphatic rings. The maximum absolute atomic E-state index is 11.9. The van der Waals surface area contributed by atoms with Crippen molar-refractivity contribution in [2.75, 3.05) is 0 Å². The molecule has 0 saturated heterocycles. The zero-order chi connectivity index (χ0) is 16.1. The van der Waals surface area contributed by atoms with Crippen LogP contribution in [-0.2, 0) is 0 Å². The van der Waals surface area contributed by atoms with Crippen LogP contribution in [0.2, 0.25) is 5.02 Å². The average molecular weight is 327 g/mol. The summed E-state index contributed by atoms with van der Waals surface area (Å²) in [7, 11) is 0. The van der Waals surface area contributed by atoms with Crippen LogP contribution in [0.3, 0.4) is 0 Å². The summed E-state index contributed by atoms with van der Waals surface area (Å²) in [5.74, 6) is -0.417. The fourth-order valence-corrected chi connectivity index (χ4v) is 1.91. The van der Waals surface area contributed by atoms with Gasteiger partial charge in [0.25, 0.3) is 11.7 Å². The highest BCUT2D eigenvalue weighted by molar-refractivity contribution is 6.30. The topological polar surface area (TPSA) is 80.4 Å². The molecule has 0 atom stereocenters. The van der Waals surface area contributed by atoms with Gasteiger partial charge in [-0.3, -0.25) is 4.79 Å². The number of hydrazone groups is 1. The van der Waals surface area contributed by atoms with Crippen LogP contribution < -0.4 is 5.43 Å². The monoisotopic (exact) mass is 326 g/mol. The molecule has 0 bridgehead atoms. The van der Waals surface area contributed by atoms with Crippen LogP contribution >= 0.6 is 11.6 Å². The predicted molar refractivity (Wildman–Crippen MR) is 86.2 cm³/mol. The Morgan fingerprint density at radius 1 is 1.13 bits per heavy atom. The highest BCUT2D eigenvalue weighted by atomic mass is 35.5. The number of aromatic nitrogens is 2. The quantitative estimate of drug-likeness (QED) is 0.590. The molecule has 0 spiro atoms. The van der Waals surface area contributed by atoms with Crippen molar-refractivity contribution in [2.24, 2.45) is 5.10 Å². The van der Waals surface area contributed by atoms with Crippen LogP contribution in [-0.4, -0.2) is 22.3 Å². The SMILES string of the molecule is O=C(NN=Cc1ccccc1)c1noc(-c2ccc(Cl)cc2)n1. The Morgan fingerprint density at radius 2 is 1.87 bits per heavy atom. The Kier molecular flexibility index (Phi) is 4.44. The maximum atomic E-state index is 11.9. The molecule has 0 radical (unpaired) electrons. The second-order valence-corrected chi connectivity index (χ2v) is 4.98. The van der Waals surface area contributed by atoms with E-state index in [0.717, 1.165) is 5.56 Å². The molecule has 2 aromatic carbocycles. The molecule has 23 heavy (non-hydrogen) atoms. The van der Waals surface area contributed by atoms with Crippen molar-refractivity contribution in [1.29, 1.82) is 0 Å². The number of carbonyl (C=O) groups excluding carboxylic acids is 1. The maximum Gasteiger partial charge on any atom is 0.312 e. The second-order valence-electron chi connectivity index (χ2n) is 4.54. The number of rotatable bonds is 4. The summed E-state index contributed by atoms with van der Waals surface area (Å²) in [6.07, 6.45) is 1.53. The zero-order valence-corrected chi connectivity index (χ0v) is 12.6. The van der Waals surface area contributed by atoms with Crippen molar-refractivity contribution < 1.29 is 9.32 Å². The van der Waals surface area contributed by atoms with Gasteiger partial charge >= 0.3 is 5.91 Å². The summed E-state index contributed by atoms with van der Waals surface area (Å²) in [6.45, 7) is 0. The van der Waals surface area contributed by atoms with E-state index in [-0.39, 0.29) is 11.7 Å². The smallest absolute Gasteiger partial charge is 0.312 e. The summed E-state index contributed by atoms with van der Waals surface area (Å²) >= 11 is 5.82. The van der Waals surface area contributed by atoms with Crippen LogP contribution in [0.25, 0.3) is 11.5 Å². The molecule has 1 N–H and O–H groups in total. The first-order chi connectivity index (χ1) is 11.2. The minimum absolute atomic E-state index is 0.0971. The molecule has 114 valence electrons. The van der Waals surface area contributed by atoms with Crippen LogP contribution in [0.4, 0.5) is 0 Å². The minimum Gasteiger partial charge on any atom is -0.333 e. The number of nitrogens with zero attached hydrogens (tertiary/aromatic N) is 3. The van der Waals surface area contributed by atoms with E-state index < -0.39 is 5.91 Å². The molecule has 0 aliphatic carbocycles. The molecule has 6 nitrogen and oxygen atoms in total. The lowest BCUT2D eigenvalue weighted by atomic mass is 10.2. The first-order valence-electron chi connectivity index (χ1n) is 6.70. The number of benzene rings is 2. The molecule has 0 aliphatic heterocycles. The van der Waals surface area contributed by atoms with Crippen LogP contribution in [0.1, 0.15) is 16.2 Å². The van der Waals surface area contributed by atoms with Crippen molar-refractivity contribution in [3.05, 3.63) is 71.0 Å². The van der Waals surface area contributed by atoms with Gasteiger partial charge in [-0.25, -0.2) is 5.43 Å². The van der Waals surface area contributed by atoms with Gasteiger partial charge in [-0.2, -0.15) is 10.1 Å². The molecular weight excluding hydrogens is 316 g/mol. The summed E-state index contributed by atoms with van der Waals surface area (Å²) in [4.78, 5) is 15.9. The van der Waals surface area contributed by atoms with E-state index in [0.29, 0.717) is 10.6 Å². The van der Waals surface area contributed by atoms with Crippen molar-refractivity contribution in [3.63, 3.8) is 0 Å². The summed E-state index contributed by atoms with van der Waals surface area (Å²) < 4.78 is 5.06. The van der Waals surface area contributed by atoms with Gasteiger partial charge in [0.15, 0.2) is 0 Å². The van der Waals surface area contributed by atoms with Crippen LogP contribution in [0.5, 0.6) is 0 Å². The van der Waals surface area contributed by atoms with E-state index in [1.54, 1.807) is 24.3 Å². The number of hydrogen-bond acceptors (Lipinski definition) is 5. The predicted octanol–water partition coefficient (Wildman–Crippen LogP) is 3.15. The van der Waals surface area contributed by atoms with Gasteiger partial charge in [-0.15, -0.1) is 0 Å². The molecule has 7 heteroatoms. The lowest BCUT2D eigenvalue weighted by molar-refractivity contribution is 0.0942. The lowest BCUT2D eigenvalue weighted by Gasteiger charge is -1.94. The Bertz CT molecular complexity index is 829. The summed E-state index contributed by atoms with van der Waals surface area (Å²) in [5, 5.41) is 8.08. The molecule has 1 amide bonds. The van der Waals surface area contributed by atoms with E-state index in [4.69, 9.17) is 16.1 Å². The van der Waals surface area contributed by atoms with E-state index >= 15 is 0 Å². The normalized spacial score (nSPS) is 10.8. The largest absolute Gasteiger partial charge is 0.333 e. The molecule has 1 heterocycles. The molecule has 0 saturated carbocycles. The van der Waals surface area contributed by atoms with Gasteiger partial charge in [0.2, 0.25) is 0 Å². The molecule has 0 unspecified atom stereocenters. The number of amides is 1. The summed E-state index contributed by atoms with van der Waals surface area (Å²) in [5.41, 5.74) is 3.88. The fourth-order valence-electron chi connectivity index (χ4n) is 1.78. The van der Waals surface area contributed by atoms with Crippen molar-refractivity contribution in [2.45, 2.75) is 0 Å². The van der Waals surface area contributed by atoms with Crippen molar-refractivity contribution >= 4 is 23.7 Å². The Labute approximate surface area is 136 Å². The van der Waals surface area contributed by atoms with Gasteiger partial charge < -0.3 is 4.52 Å². The third-order valence-corrected chi connectivity index (χ3v) is 3.15. The molecular formula is C16H11ClN4O2. The number of nitrogens with one attached hydrogen (secondary N) is 1. The molecule has 1 aromatic heterocycles. The first-order valence-corrected chi connectivity index (χ1v) is 7.08. The van der Waals surface area contributed by atoms with E-state index in [9.17, 15) is 4.79 Å². The number of halogens is 1. The summed E-state index contributed by atoms with van der Waals surface area (Å²) in [6, 6.07) is 16.2. The second kappa shape index (κ2) is 6.85. The average Bonchev–Trinajstić information content (AvgIpc) is 3.06. The van der Waals surface area contributed by atoms with Gasteiger partial charge in [0.05, 0.1) is 6.21 Å². The number of hydrogen-bond donors (Lipinski definition) is 1. The standard InChI is InChI=1S/C16H11ClN4O2/c17-13-8-6-12(7-9-13)16-19-14(21-23-16)15(22)20-18-10-11-4-2-1-3-5-11/h1-10H,(H,20,22). The minimum atomic E-state index is -0.554. The van der Waals surface area contributed by atoms with Gasteiger partial charge in [0, 0.05) is 10.6 Å². The van der Waals surface area contributed by atoms with Gasteiger partial charge in [-0.05, 0) is 29.8 Å². The Hall–Kier alpha value is -2.99. The highest BCUT2D eigenvalue weighted by Crippen LogP contribution is 2.19. The zero-order valence-electron chi connectivity index (χ0n) is 11.8. The van der Waals surface area contributed by atoms with E-state index in [1.165, 1.54) is 6.21 Å². The lowest BCUT2D eigenvalue weighted by Crippen LogP contribution is -2.19. The highest BCUT2D eigenvalue weighted by Gasteiger charge is 2.15. The third-order valence-electron chi connectivity index (χ3n) is 2.90.